The van der Waals surface area contributed by atoms with Crippen LogP contribution in [0.25, 0.3) is 21.8 Å². The number of nitrogens with one attached hydrogen (secondary N) is 18. The second-order valence-corrected chi connectivity index (χ2v) is 36.8. The SMILES string of the molecule is C[C@@H](O)[C@H](NC(=O)[C@H](CCCCN)NC(=O)[C@H](Cc1ccccc1)NC(=O)[C@H](Cc1ccccc1)NC(=O)[C@H](Cc1c[nH]c2ccccc12)NC(=O)[C@@H]1CCCN1C(=O)[C@H](Cc1c[nH]cn1)NC(=O)[C@H](Cc1c[nH]c2ccccc12)NC(=O)[C@@H](N)Cc1ccccc1)C(=O)N[C@@H](CCCCN)C(=O)NCC(=O)NCC(=O)NCC(=O)N[C@@H](CCCCNC(=O)CCCC[C@@H]1SC[C@@H]2NC(=O)N[C@@H]21)C(N)=O. The normalized spacial score (nSPS) is 17.1. The number of H-pyrrole nitrogens is 3. The Hall–Kier alpha value is -14.1. The number of carbonyl (C=O) groups excluding carboxylic acids is 16. The molecule has 5 aromatic carbocycles. The van der Waals surface area contributed by atoms with Crippen LogP contribution in [-0.4, -0.2) is 266 Å². The van der Waals surface area contributed by atoms with Crippen LogP contribution < -0.4 is 103 Å². The number of amides is 17. The number of imidazole rings is 1. The third-order valence-electron chi connectivity index (χ3n) is 24.9. The van der Waals surface area contributed by atoms with Crippen molar-refractivity contribution in [3.8, 4) is 0 Å². The van der Waals surface area contributed by atoms with Crippen molar-refractivity contribution in [1.82, 2.24) is 105 Å². The quantitative estimate of drug-likeness (QED) is 0.0165. The first-order valence-electron chi connectivity index (χ1n) is 47.7. The predicted octanol–water partition coefficient (Wildman–Crippen LogP) is -0.705. The first kappa shape index (κ1) is 106. The molecule has 3 aliphatic rings. The molecule has 42 heteroatoms. The number of hydrogen-bond acceptors (Lipinski definition) is 22. The molecule has 17 amide bonds. The molecule has 0 saturated carbocycles. The Bertz CT molecular complexity index is 5520. The largest absolute Gasteiger partial charge is 0.391 e. The van der Waals surface area contributed by atoms with Gasteiger partial charge in [-0.2, -0.15) is 11.8 Å². The van der Waals surface area contributed by atoms with Crippen molar-refractivity contribution in [2.24, 2.45) is 22.9 Å². The van der Waals surface area contributed by atoms with Crippen LogP contribution in [0.15, 0.2) is 164 Å². The zero-order valence-electron chi connectivity index (χ0n) is 78.3. The lowest BCUT2D eigenvalue weighted by molar-refractivity contribution is -0.142. The molecule has 0 bridgehead atoms. The van der Waals surface area contributed by atoms with Crippen LogP contribution in [0.3, 0.4) is 0 Å². The average Bonchev–Trinajstić information content (AvgIpc) is 1.66. The number of urea groups is 1. The number of para-hydroxylation sites is 2. The number of aromatic nitrogens is 4. The van der Waals surface area contributed by atoms with E-state index in [1.807, 2.05) is 84.6 Å². The Balaban J connectivity index is 0.719. The van der Waals surface area contributed by atoms with E-state index in [2.05, 4.69) is 99.7 Å². The lowest BCUT2D eigenvalue weighted by atomic mass is 10.00. The third-order valence-corrected chi connectivity index (χ3v) is 26.4. The molecule has 0 unspecified atom stereocenters. The highest BCUT2D eigenvalue weighted by molar-refractivity contribution is 8.00. The smallest absolute Gasteiger partial charge is 0.315 e. The van der Waals surface area contributed by atoms with E-state index in [0.29, 0.717) is 95.6 Å². The van der Waals surface area contributed by atoms with E-state index in [1.165, 1.54) is 18.2 Å². The Labute approximate surface area is 814 Å². The highest BCUT2D eigenvalue weighted by atomic mass is 32.2. The number of benzene rings is 5. The van der Waals surface area contributed by atoms with E-state index in [-0.39, 0.29) is 121 Å². The Morgan fingerprint density at radius 2 is 0.957 bits per heavy atom. The fraction of sp³-hybridized carbons (Fsp3) is 0.459. The predicted molar refractivity (Wildman–Crippen MR) is 523 cm³/mol. The molecule has 750 valence electrons. The molecule has 41 nitrogen and oxygen atoms in total. The number of aromatic amines is 3. The van der Waals surface area contributed by atoms with Gasteiger partial charge in [-0.3, -0.25) is 71.9 Å². The van der Waals surface area contributed by atoms with Crippen LogP contribution in [0.5, 0.6) is 0 Å². The van der Waals surface area contributed by atoms with Crippen LogP contribution in [0.1, 0.15) is 137 Å². The maximum atomic E-state index is 15.6. The summed E-state index contributed by atoms with van der Waals surface area (Å²) in [7, 11) is 0. The van der Waals surface area contributed by atoms with Gasteiger partial charge in [0.1, 0.15) is 60.4 Å². The molecule has 3 fully saturated rings. The average molecular weight is 1950 g/mol. The summed E-state index contributed by atoms with van der Waals surface area (Å²) in [5, 5.41) is 53.7. The first-order chi connectivity index (χ1) is 67.6. The second kappa shape index (κ2) is 54.3. The molecule has 11 rings (SSSR count). The van der Waals surface area contributed by atoms with E-state index in [9.17, 15) is 53.1 Å². The summed E-state index contributed by atoms with van der Waals surface area (Å²) in [5.74, 6) is -10.8. The summed E-state index contributed by atoms with van der Waals surface area (Å²) in [4.78, 5) is 240. The summed E-state index contributed by atoms with van der Waals surface area (Å²) in [5.41, 5.74) is 28.9. The minimum Gasteiger partial charge on any atom is -0.391 e. The molecular formula is C98H130N24O17S. The van der Waals surface area contributed by atoms with E-state index in [4.69, 9.17) is 22.9 Å². The Morgan fingerprint density at radius 1 is 0.471 bits per heavy atom. The number of fused-ring (bicyclic) bond motifs is 3. The standard InChI is InChI=1S/C98H130N24O17S/c1-58(123)85(96(137)113-71(35-17-20-40-99)89(130)109-54-83(126)107-53-82(125)108-55-84(127)111-70(87(102)128)34-19-22-42-104-81(124)39-16-15-38-80-86-78(56-140-80)119-98(139)121-86)120-90(131)72(36-18-21-41-100)112-91(132)73(45-60-26-7-3-8-27-60)115-92(133)74(46-61-28-9-4-10-29-61)116-93(134)76(48-63-51-106-69-33-14-12-31-66(63)69)117-95(136)79-37-23-43-122(79)97(138)77(49-64-52-103-57-110-64)118-94(135)75(47-62-50-105-68-32-13-11-30-65(62)68)114-88(129)67(101)44-59-24-5-2-6-25-59/h2-14,24-33,50-52,57-58,67,70-80,85-86,105-106,123H,15-23,34-49,53-56,99-101H2,1H3,(H2,102,128)(H,103,110)(H,104,124)(H,107,126)(H,108,125)(H,109,130)(H,111,127)(H,112,132)(H,113,137)(H,114,129)(H,115,133)(H,116,134)(H,117,136)(H,118,135)(H,120,131)(H2,119,121,139)/t58-,67+,70+,71+,72+,73+,74+,75+,76+,77+,78+,79+,80+,85+,86+/m1/s1. The lowest BCUT2D eigenvalue weighted by Gasteiger charge is -2.31. The van der Waals surface area contributed by atoms with Crippen molar-refractivity contribution in [2.75, 3.05) is 51.6 Å². The summed E-state index contributed by atoms with van der Waals surface area (Å²) < 4.78 is 0. The summed E-state index contributed by atoms with van der Waals surface area (Å²) in [6.45, 7) is -0.0336. The van der Waals surface area contributed by atoms with Crippen molar-refractivity contribution in [2.45, 2.75) is 232 Å². The zero-order valence-corrected chi connectivity index (χ0v) is 79.2. The topological polar surface area (TPSA) is 641 Å². The summed E-state index contributed by atoms with van der Waals surface area (Å²) in [6.07, 6.45) is 9.47. The fourth-order valence-electron chi connectivity index (χ4n) is 17.3. The van der Waals surface area contributed by atoms with Gasteiger partial charge in [0.2, 0.25) is 88.6 Å². The molecule has 6 heterocycles. The van der Waals surface area contributed by atoms with Crippen molar-refractivity contribution < 1.29 is 81.8 Å². The first-order valence-corrected chi connectivity index (χ1v) is 48.8. The van der Waals surface area contributed by atoms with Gasteiger partial charge in [0.25, 0.3) is 0 Å². The van der Waals surface area contributed by atoms with E-state index < -0.39 is 175 Å². The van der Waals surface area contributed by atoms with Crippen molar-refractivity contribution in [3.05, 3.63) is 198 Å². The molecule has 0 radical (unpaired) electrons. The van der Waals surface area contributed by atoms with Crippen molar-refractivity contribution in [3.63, 3.8) is 0 Å². The number of aliphatic hydroxyl groups excluding tert-OH is 1. The molecule has 27 N–H and O–H groups in total. The highest BCUT2D eigenvalue weighted by Gasteiger charge is 2.45. The fourth-order valence-corrected chi connectivity index (χ4v) is 18.8. The highest BCUT2D eigenvalue weighted by Crippen LogP contribution is 2.34. The van der Waals surface area contributed by atoms with E-state index in [0.717, 1.165) is 35.1 Å². The number of hydrogen-bond donors (Lipinski definition) is 23. The van der Waals surface area contributed by atoms with Crippen LogP contribution >= 0.6 is 11.8 Å². The molecule has 140 heavy (non-hydrogen) atoms. The number of primary amides is 1. The number of likely N-dealkylation sites (tertiary alicyclic amines) is 1. The number of thioether (sulfide) groups is 1. The molecule has 3 aliphatic heterocycles. The second-order valence-electron chi connectivity index (χ2n) is 35.5. The van der Waals surface area contributed by atoms with Gasteiger partial charge < -0.3 is 128 Å². The van der Waals surface area contributed by atoms with Gasteiger partial charge >= 0.3 is 6.03 Å². The van der Waals surface area contributed by atoms with Crippen LogP contribution in [0, 0.1) is 0 Å². The van der Waals surface area contributed by atoms with Gasteiger partial charge in [0.15, 0.2) is 0 Å². The Morgan fingerprint density at radius 3 is 1.51 bits per heavy atom. The molecule has 0 spiro atoms. The number of carbonyl (C=O) groups is 16. The van der Waals surface area contributed by atoms with Crippen molar-refractivity contribution >= 4 is 128 Å². The van der Waals surface area contributed by atoms with Gasteiger partial charge in [0, 0.05) is 103 Å². The van der Waals surface area contributed by atoms with Crippen molar-refractivity contribution in [1.29, 1.82) is 0 Å². The molecule has 3 saturated heterocycles. The van der Waals surface area contributed by atoms with Gasteiger partial charge in [-0.05, 0) is 150 Å². The monoisotopic (exact) mass is 1950 g/mol. The van der Waals surface area contributed by atoms with Gasteiger partial charge in [-0.25, -0.2) is 9.78 Å². The molecular weight excluding hydrogens is 1820 g/mol. The molecule has 8 aromatic rings. The number of rotatable bonds is 57. The van der Waals surface area contributed by atoms with Gasteiger partial charge in [0.05, 0.1) is 55.9 Å². The molecule has 0 aliphatic carbocycles. The van der Waals surface area contributed by atoms with E-state index in [1.54, 1.807) is 85.3 Å². The minimum atomic E-state index is -1.80. The number of nitrogens with two attached hydrogens (primary N) is 4. The van der Waals surface area contributed by atoms with Crippen LogP contribution in [0.4, 0.5) is 4.79 Å². The zero-order chi connectivity index (χ0) is 100.0. The number of nitrogens with zero attached hydrogens (tertiary/aromatic N) is 2. The molecule has 15 atom stereocenters. The Kier molecular flexibility index (Phi) is 41.3. The summed E-state index contributed by atoms with van der Waals surface area (Å²) in [6, 6.07) is 25.9. The van der Waals surface area contributed by atoms with Gasteiger partial charge in [-0.15, -0.1) is 0 Å². The third kappa shape index (κ3) is 32.5. The van der Waals surface area contributed by atoms with Gasteiger partial charge in [-0.1, -0.05) is 134 Å². The van der Waals surface area contributed by atoms with E-state index >= 15 is 28.8 Å². The van der Waals surface area contributed by atoms with Crippen LogP contribution in [0.2, 0.25) is 0 Å². The number of aliphatic hydroxyl groups is 1. The maximum absolute atomic E-state index is 15.6. The number of unbranched alkanes of at least 4 members (excludes halogenated alkanes) is 4. The lowest BCUT2D eigenvalue weighted by Crippen LogP contribution is -2.62. The minimum absolute atomic E-state index is 0.0243. The van der Waals surface area contributed by atoms with Crippen LogP contribution in [-0.2, 0) is 110 Å². The molecule has 3 aromatic heterocycles. The summed E-state index contributed by atoms with van der Waals surface area (Å²) >= 11 is 1.81. The maximum Gasteiger partial charge on any atom is 0.315 e.